The van der Waals surface area contributed by atoms with Crippen molar-refractivity contribution < 1.29 is 31.1 Å². The molecule has 1 aliphatic heterocycles. The van der Waals surface area contributed by atoms with Gasteiger partial charge in [-0.25, -0.2) is 8.42 Å². The third-order valence-electron chi connectivity index (χ3n) is 4.39. The summed E-state index contributed by atoms with van der Waals surface area (Å²) in [7, 11) is -4.79. The predicted molar refractivity (Wildman–Crippen MR) is 89.9 cm³/mol. The van der Waals surface area contributed by atoms with Gasteiger partial charge in [-0.05, 0) is 38.5 Å². The van der Waals surface area contributed by atoms with E-state index in [2.05, 4.69) is 6.58 Å². The molecular weight excluding hydrogens is 369 g/mol. The maximum Gasteiger partial charge on any atom is 0.446 e. The summed E-state index contributed by atoms with van der Waals surface area (Å²) >= 11 is 0. The number of sulfone groups is 1. The maximum absolute atomic E-state index is 14.2. The number of ether oxygens (including phenoxy) is 2. The van der Waals surface area contributed by atoms with Gasteiger partial charge in [0.1, 0.15) is 0 Å². The second kappa shape index (κ2) is 6.12. The summed E-state index contributed by atoms with van der Waals surface area (Å²) in [5.74, 6) is -1.74. The number of alkyl halides is 3. The molecule has 0 aliphatic carbocycles. The molecule has 0 amide bonds. The Morgan fingerprint density at radius 2 is 1.81 bits per heavy atom. The number of hydrogen-bond donors (Lipinski definition) is 0. The molecule has 8 heteroatoms. The quantitative estimate of drug-likeness (QED) is 0.585. The molecule has 1 saturated heterocycles. The Bertz CT molecular complexity index is 853. The summed E-state index contributed by atoms with van der Waals surface area (Å²) in [6, 6.07) is 6.64. The highest BCUT2D eigenvalue weighted by Crippen LogP contribution is 2.60. The van der Waals surface area contributed by atoms with Crippen molar-refractivity contribution in [2.75, 3.05) is 6.61 Å². The lowest BCUT2D eigenvalue weighted by atomic mass is 9.86. The molecule has 1 aromatic carbocycles. The second-order valence-corrected chi connectivity index (χ2v) is 8.37. The van der Waals surface area contributed by atoms with Crippen LogP contribution in [0.5, 0.6) is 0 Å². The standard InChI is InChI=1S/C18H19F3O4S/c1-6-16(26(22,23)14-11-9-8-10-12-14)13(3)15(4,5)25-17(16,24-7-2)18(19,20)21/h1,8-12H,3,7H2,2,4-5H3/t16-,17+/m1/s1. The van der Waals surface area contributed by atoms with Crippen LogP contribution in [0, 0.1) is 12.3 Å². The highest BCUT2D eigenvalue weighted by atomic mass is 32.2. The lowest BCUT2D eigenvalue weighted by Gasteiger charge is -2.40. The van der Waals surface area contributed by atoms with Gasteiger partial charge in [0, 0.05) is 6.61 Å². The van der Waals surface area contributed by atoms with Crippen molar-refractivity contribution in [2.24, 2.45) is 0 Å². The van der Waals surface area contributed by atoms with Crippen LogP contribution in [0.15, 0.2) is 47.4 Å². The van der Waals surface area contributed by atoms with Crippen molar-refractivity contribution >= 4 is 9.84 Å². The number of terminal acetylenes is 1. The van der Waals surface area contributed by atoms with E-state index in [1.54, 1.807) is 0 Å². The van der Waals surface area contributed by atoms with E-state index in [-0.39, 0.29) is 4.90 Å². The fourth-order valence-corrected chi connectivity index (χ4v) is 5.33. The molecule has 0 bridgehead atoms. The number of rotatable bonds is 4. The molecule has 2 atom stereocenters. The van der Waals surface area contributed by atoms with Crippen molar-refractivity contribution in [3.05, 3.63) is 42.5 Å². The minimum absolute atomic E-state index is 0.381. The van der Waals surface area contributed by atoms with Gasteiger partial charge in [-0.3, -0.25) is 0 Å². The third kappa shape index (κ3) is 2.42. The van der Waals surface area contributed by atoms with Gasteiger partial charge >= 0.3 is 12.0 Å². The van der Waals surface area contributed by atoms with Gasteiger partial charge in [-0.15, -0.1) is 6.42 Å². The molecule has 1 heterocycles. The van der Waals surface area contributed by atoms with Crippen molar-refractivity contribution in [3.8, 4) is 12.3 Å². The Kier molecular flexibility index (Phi) is 4.82. The summed E-state index contributed by atoms with van der Waals surface area (Å²) in [4.78, 5) is -0.381. The van der Waals surface area contributed by atoms with Crippen LogP contribution < -0.4 is 0 Å². The molecule has 0 spiro atoms. The summed E-state index contributed by atoms with van der Waals surface area (Å²) in [6.45, 7) is 6.95. The molecule has 4 nitrogen and oxygen atoms in total. The van der Waals surface area contributed by atoms with Gasteiger partial charge in [0.05, 0.1) is 10.5 Å². The topological polar surface area (TPSA) is 52.6 Å². The van der Waals surface area contributed by atoms with Crippen molar-refractivity contribution in [2.45, 2.75) is 48.0 Å². The Hall–Kier alpha value is -1.82. The van der Waals surface area contributed by atoms with Gasteiger partial charge in [-0.1, -0.05) is 30.7 Å². The summed E-state index contributed by atoms with van der Waals surface area (Å²) in [5.41, 5.74) is -2.11. The van der Waals surface area contributed by atoms with E-state index in [9.17, 15) is 21.6 Å². The van der Waals surface area contributed by atoms with E-state index in [0.717, 1.165) is 0 Å². The Morgan fingerprint density at radius 3 is 2.23 bits per heavy atom. The first-order chi connectivity index (χ1) is 11.8. The number of benzene rings is 1. The lowest BCUT2D eigenvalue weighted by molar-refractivity contribution is -0.384. The van der Waals surface area contributed by atoms with E-state index in [1.807, 2.05) is 5.92 Å². The largest absolute Gasteiger partial charge is 0.446 e. The zero-order chi connectivity index (χ0) is 20.0. The first-order valence-electron chi connectivity index (χ1n) is 7.72. The van der Waals surface area contributed by atoms with Crippen LogP contribution in [0.3, 0.4) is 0 Å². The monoisotopic (exact) mass is 388 g/mol. The highest BCUT2D eigenvalue weighted by Gasteiger charge is 2.82. The van der Waals surface area contributed by atoms with E-state index in [4.69, 9.17) is 15.9 Å². The van der Waals surface area contributed by atoms with Crippen LogP contribution in [0.25, 0.3) is 0 Å². The normalized spacial score (nSPS) is 28.7. The molecule has 0 saturated carbocycles. The second-order valence-electron chi connectivity index (χ2n) is 6.28. The van der Waals surface area contributed by atoms with Crippen LogP contribution in [0.2, 0.25) is 0 Å². The zero-order valence-corrected chi connectivity index (χ0v) is 15.4. The van der Waals surface area contributed by atoms with E-state index in [1.165, 1.54) is 51.1 Å². The number of hydrogen-bond acceptors (Lipinski definition) is 4. The fourth-order valence-electron chi connectivity index (χ4n) is 3.16. The SMILES string of the molecule is C#C[C@@]1(S(=O)(=O)c2ccccc2)C(=C)C(C)(C)O[C@]1(OCC)C(F)(F)F. The molecule has 0 N–H and O–H groups in total. The van der Waals surface area contributed by atoms with Gasteiger partial charge in [0.2, 0.25) is 14.6 Å². The smallest absolute Gasteiger partial charge is 0.341 e. The third-order valence-corrected chi connectivity index (χ3v) is 6.73. The van der Waals surface area contributed by atoms with Gasteiger partial charge < -0.3 is 9.47 Å². The van der Waals surface area contributed by atoms with Crippen molar-refractivity contribution in [1.29, 1.82) is 0 Å². The van der Waals surface area contributed by atoms with E-state index in [0.29, 0.717) is 0 Å². The lowest BCUT2D eigenvalue weighted by Crippen LogP contribution is -2.65. The highest BCUT2D eigenvalue weighted by molar-refractivity contribution is 7.93. The van der Waals surface area contributed by atoms with E-state index < -0.39 is 44.3 Å². The molecule has 1 aliphatic rings. The minimum Gasteiger partial charge on any atom is -0.341 e. The Balaban J connectivity index is 2.98. The molecule has 1 aromatic rings. The number of halogens is 3. The molecule has 0 aromatic heterocycles. The molecule has 2 rings (SSSR count). The fraction of sp³-hybridized carbons (Fsp3) is 0.444. The summed E-state index contributed by atoms with van der Waals surface area (Å²) in [6.07, 6.45) is 0.214. The van der Waals surface area contributed by atoms with Gasteiger partial charge in [0.25, 0.3) is 0 Å². The van der Waals surface area contributed by atoms with Crippen LogP contribution in [0.1, 0.15) is 20.8 Å². The summed E-state index contributed by atoms with van der Waals surface area (Å²) < 4.78 is 76.5. The minimum atomic E-state index is -5.24. The Labute approximate surface area is 150 Å². The predicted octanol–water partition coefficient (Wildman–Crippen LogP) is 3.49. The molecule has 0 unspecified atom stereocenters. The molecule has 1 fully saturated rings. The van der Waals surface area contributed by atoms with Crippen molar-refractivity contribution in [3.63, 3.8) is 0 Å². The van der Waals surface area contributed by atoms with Crippen LogP contribution in [-0.4, -0.2) is 37.3 Å². The molecular formula is C18H19F3O4S. The van der Waals surface area contributed by atoms with Crippen LogP contribution in [0.4, 0.5) is 13.2 Å². The molecule has 26 heavy (non-hydrogen) atoms. The average molecular weight is 388 g/mol. The van der Waals surface area contributed by atoms with Gasteiger partial charge in [-0.2, -0.15) is 13.2 Å². The molecule has 0 radical (unpaired) electrons. The van der Waals surface area contributed by atoms with Crippen LogP contribution >= 0.6 is 0 Å². The van der Waals surface area contributed by atoms with Crippen molar-refractivity contribution in [1.82, 2.24) is 0 Å². The summed E-state index contributed by atoms with van der Waals surface area (Å²) in [5, 5.41) is 0. The molecule has 142 valence electrons. The van der Waals surface area contributed by atoms with Crippen LogP contribution in [-0.2, 0) is 19.3 Å². The maximum atomic E-state index is 14.2. The first-order valence-corrected chi connectivity index (χ1v) is 9.20. The Morgan fingerprint density at radius 1 is 1.27 bits per heavy atom. The first kappa shape index (κ1) is 20.5. The zero-order valence-electron chi connectivity index (χ0n) is 14.6. The average Bonchev–Trinajstić information content (AvgIpc) is 2.73. The van der Waals surface area contributed by atoms with Gasteiger partial charge in [0.15, 0.2) is 0 Å². The van der Waals surface area contributed by atoms with E-state index >= 15 is 0 Å².